The van der Waals surface area contributed by atoms with E-state index in [4.69, 9.17) is 0 Å². The van der Waals surface area contributed by atoms with E-state index < -0.39 is 5.60 Å². The Kier molecular flexibility index (Phi) is 5.31. The molecular weight excluding hydrogens is 353 g/mol. The van der Waals surface area contributed by atoms with Crippen molar-refractivity contribution in [3.05, 3.63) is 77.6 Å². The molecule has 146 valence electrons. The molecule has 2 aromatic carbocycles. The molecule has 2 aliphatic rings. The van der Waals surface area contributed by atoms with E-state index in [0.29, 0.717) is 13.0 Å². The smallest absolute Gasteiger partial charge is 0.247 e. The van der Waals surface area contributed by atoms with Crippen molar-refractivity contribution in [2.24, 2.45) is 5.92 Å². The van der Waals surface area contributed by atoms with Gasteiger partial charge < -0.3 is 10.0 Å². The number of nitrogens with zero attached hydrogens (tertiary/aromatic N) is 1. The molecule has 1 amide bonds. The lowest BCUT2D eigenvalue weighted by atomic mass is 9.66. The molecule has 28 heavy (non-hydrogen) atoms. The highest BCUT2D eigenvalue weighted by molar-refractivity contribution is 5.92. The van der Waals surface area contributed by atoms with E-state index in [-0.39, 0.29) is 23.7 Å². The fourth-order valence-corrected chi connectivity index (χ4v) is 4.83. The summed E-state index contributed by atoms with van der Waals surface area (Å²) in [5, 5.41) is 11.3. The lowest BCUT2D eigenvalue weighted by molar-refractivity contribution is -0.150. The topological polar surface area (TPSA) is 40.5 Å². The number of likely N-dealkylation sites (tertiary alicyclic amines) is 1. The molecule has 3 nitrogen and oxygen atoms in total. The van der Waals surface area contributed by atoms with E-state index in [0.717, 1.165) is 36.8 Å². The van der Waals surface area contributed by atoms with E-state index in [1.807, 2.05) is 41.3 Å². The van der Waals surface area contributed by atoms with E-state index in [9.17, 15) is 14.3 Å². The molecule has 4 heteroatoms. The molecule has 1 saturated heterocycles. The number of aliphatic hydroxyl groups is 1. The standard InChI is InChI=1S/C24H26FNO2/c25-20-12-10-19(11-13-20)23-21-8-4-5-15-24(21,28)16-17-26(23)22(27)14-9-18-6-2-1-3-7-18/h1-3,6-7,9-14,21,23,28H,4-5,8,15-17H2/b14-9+/t21-,23+,24-/m1/s1. The van der Waals surface area contributed by atoms with Gasteiger partial charge in [-0.25, -0.2) is 4.39 Å². The van der Waals surface area contributed by atoms with Crippen molar-refractivity contribution < 1.29 is 14.3 Å². The Bertz CT molecular complexity index is 849. The van der Waals surface area contributed by atoms with Gasteiger partial charge in [0.15, 0.2) is 0 Å². The Morgan fingerprint density at radius 3 is 2.57 bits per heavy atom. The van der Waals surface area contributed by atoms with E-state index in [1.165, 1.54) is 12.1 Å². The van der Waals surface area contributed by atoms with Gasteiger partial charge >= 0.3 is 0 Å². The Morgan fingerprint density at radius 1 is 1.07 bits per heavy atom. The number of halogens is 1. The van der Waals surface area contributed by atoms with Gasteiger partial charge in [0, 0.05) is 18.5 Å². The van der Waals surface area contributed by atoms with Gasteiger partial charge in [-0.1, -0.05) is 55.3 Å². The predicted octanol–water partition coefficient (Wildman–Crippen LogP) is 4.73. The SMILES string of the molecule is O=C(/C=C/c1ccccc1)N1CC[C@]2(O)CCCC[C@@H]2[C@@H]1c1ccc(F)cc1. The minimum absolute atomic E-state index is 0.0189. The zero-order chi connectivity index (χ0) is 19.6. The van der Waals surface area contributed by atoms with Crippen LogP contribution >= 0.6 is 0 Å². The van der Waals surface area contributed by atoms with Gasteiger partial charge in [-0.05, 0) is 48.6 Å². The normalized spacial score (nSPS) is 27.6. The fourth-order valence-electron chi connectivity index (χ4n) is 4.83. The average molecular weight is 379 g/mol. The predicted molar refractivity (Wildman–Crippen MR) is 108 cm³/mol. The van der Waals surface area contributed by atoms with Crippen LogP contribution in [0, 0.1) is 11.7 Å². The number of rotatable bonds is 3. The Balaban J connectivity index is 1.65. The molecule has 0 aromatic heterocycles. The summed E-state index contributed by atoms with van der Waals surface area (Å²) in [6, 6.07) is 15.9. The zero-order valence-corrected chi connectivity index (χ0v) is 15.9. The third-order valence-electron chi connectivity index (χ3n) is 6.28. The van der Waals surface area contributed by atoms with Crippen LogP contribution in [-0.4, -0.2) is 28.1 Å². The quantitative estimate of drug-likeness (QED) is 0.783. The number of hydrogen-bond acceptors (Lipinski definition) is 2. The molecule has 1 aliphatic carbocycles. The fraction of sp³-hybridized carbons (Fsp3) is 0.375. The summed E-state index contributed by atoms with van der Waals surface area (Å²) in [6.45, 7) is 0.507. The van der Waals surface area contributed by atoms with Gasteiger partial charge in [-0.3, -0.25) is 4.79 Å². The van der Waals surface area contributed by atoms with Crippen LogP contribution in [0.4, 0.5) is 4.39 Å². The molecule has 3 atom stereocenters. The third kappa shape index (κ3) is 3.74. The second-order valence-corrected chi connectivity index (χ2v) is 7.98. The minimum atomic E-state index is -0.739. The second kappa shape index (κ2) is 7.88. The van der Waals surface area contributed by atoms with Gasteiger partial charge in [0.1, 0.15) is 5.82 Å². The summed E-state index contributed by atoms with van der Waals surface area (Å²) in [5.41, 5.74) is 1.13. The largest absolute Gasteiger partial charge is 0.389 e. The Labute approximate surface area is 165 Å². The highest BCUT2D eigenvalue weighted by Crippen LogP contribution is 2.49. The number of piperidine rings is 1. The Hall–Kier alpha value is -2.46. The van der Waals surface area contributed by atoms with Gasteiger partial charge in [0.25, 0.3) is 0 Å². The summed E-state index contributed by atoms with van der Waals surface area (Å²) >= 11 is 0. The number of carbonyl (C=O) groups is 1. The molecule has 1 heterocycles. The lowest BCUT2D eigenvalue weighted by Gasteiger charge is -2.52. The lowest BCUT2D eigenvalue weighted by Crippen LogP contribution is -2.56. The maximum atomic E-state index is 13.5. The zero-order valence-electron chi connectivity index (χ0n) is 15.9. The van der Waals surface area contributed by atoms with Crippen LogP contribution < -0.4 is 0 Å². The van der Waals surface area contributed by atoms with Crippen LogP contribution in [0.15, 0.2) is 60.7 Å². The number of hydrogen-bond donors (Lipinski definition) is 1. The minimum Gasteiger partial charge on any atom is -0.389 e. The van der Waals surface area contributed by atoms with Crippen LogP contribution in [-0.2, 0) is 4.79 Å². The monoisotopic (exact) mass is 379 g/mol. The maximum Gasteiger partial charge on any atom is 0.247 e. The van der Waals surface area contributed by atoms with Crippen LogP contribution in [0.2, 0.25) is 0 Å². The molecule has 0 bridgehead atoms. The summed E-state index contributed by atoms with van der Waals surface area (Å²) in [6.07, 6.45) is 7.75. The van der Waals surface area contributed by atoms with Crippen molar-refractivity contribution in [3.8, 4) is 0 Å². The molecule has 0 spiro atoms. The first-order valence-electron chi connectivity index (χ1n) is 10.1. The first-order valence-corrected chi connectivity index (χ1v) is 10.1. The summed E-state index contributed by atoms with van der Waals surface area (Å²) in [4.78, 5) is 14.9. The number of fused-ring (bicyclic) bond motifs is 1. The van der Waals surface area contributed by atoms with Crippen molar-refractivity contribution in [1.29, 1.82) is 0 Å². The highest BCUT2D eigenvalue weighted by atomic mass is 19.1. The first kappa shape index (κ1) is 18.9. The van der Waals surface area contributed by atoms with E-state index in [1.54, 1.807) is 18.2 Å². The summed E-state index contributed by atoms with van der Waals surface area (Å²) in [5.74, 6) is -0.374. The van der Waals surface area contributed by atoms with Crippen molar-refractivity contribution in [2.75, 3.05) is 6.54 Å². The van der Waals surface area contributed by atoms with Crippen molar-refractivity contribution in [3.63, 3.8) is 0 Å². The van der Waals surface area contributed by atoms with Crippen molar-refractivity contribution in [1.82, 2.24) is 4.90 Å². The van der Waals surface area contributed by atoms with Gasteiger partial charge in [0.05, 0.1) is 11.6 Å². The summed E-state index contributed by atoms with van der Waals surface area (Å²) < 4.78 is 13.5. The molecule has 2 aromatic rings. The molecule has 0 radical (unpaired) electrons. The van der Waals surface area contributed by atoms with Gasteiger partial charge in [-0.15, -0.1) is 0 Å². The van der Waals surface area contributed by atoms with Crippen LogP contribution in [0.1, 0.15) is 49.3 Å². The molecular formula is C24H26FNO2. The molecule has 2 fully saturated rings. The average Bonchev–Trinajstić information content (AvgIpc) is 2.72. The van der Waals surface area contributed by atoms with E-state index in [2.05, 4.69) is 0 Å². The van der Waals surface area contributed by atoms with Crippen LogP contribution in [0.3, 0.4) is 0 Å². The molecule has 1 N–H and O–H groups in total. The van der Waals surface area contributed by atoms with Crippen LogP contribution in [0.5, 0.6) is 0 Å². The van der Waals surface area contributed by atoms with Crippen molar-refractivity contribution in [2.45, 2.75) is 43.7 Å². The number of carbonyl (C=O) groups excluding carboxylic acids is 1. The Morgan fingerprint density at radius 2 is 1.82 bits per heavy atom. The second-order valence-electron chi connectivity index (χ2n) is 7.98. The highest BCUT2D eigenvalue weighted by Gasteiger charge is 2.49. The molecule has 4 rings (SSSR count). The molecule has 0 unspecified atom stereocenters. The van der Waals surface area contributed by atoms with Gasteiger partial charge in [0.2, 0.25) is 5.91 Å². The first-order chi connectivity index (χ1) is 13.6. The summed E-state index contributed by atoms with van der Waals surface area (Å²) in [7, 11) is 0. The van der Waals surface area contributed by atoms with Crippen LogP contribution in [0.25, 0.3) is 6.08 Å². The van der Waals surface area contributed by atoms with E-state index >= 15 is 0 Å². The van der Waals surface area contributed by atoms with Gasteiger partial charge in [-0.2, -0.15) is 0 Å². The molecule has 1 saturated carbocycles. The molecule has 1 aliphatic heterocycles. The maximum absolute atomic E-state index is 13.5. The number of amides is 1. The van der Waals surface area contributed by atoms with Crippen molar-refractivity contribution >= 4 is 12.0 Å². The third-order valence-corrected chi connectivity index (χ3v) is 6.28. The number of benzene rings is 2.